The Kier molecular flexibility index (Phi) is 4.52. The van der Waals surface area contributed by atoms with E-state index in [1.54, 1.807) is 26.0 Å². The van der Waals surface area contributed by atoms with Crippen molar-refractivity contribution in [2.75, 3.05) is 0 Å². The van der Waals surface area contributed by atoms with Gasteiger partial charge in [0.05, 0.1) is 12.0 Å². The minimum absolute atomic E-state index is 0.0265. The molecule has 0 heterocycles. The van der Waals surface area contributed by atoms with Gasteiger partial charge in [-0.05, 0) is 20.3 Å². The summed E-state index contributed by atoms with van der Waals surface area (Å²) in [5.41, 5.74) is 4.34. The molecule has 0 aromatic rings. The summed E-state index contributed by atoms with van der Waals surface area (Å²) in [6.45, 7) is 3.36. The molecule has 0 saturated heterocycles. The molecule has 2 atom stereocenters. The Labute approximate surface area is 111 Å². The maximum atomic E-state index is 11.7. The Bertz CT molecular complexity index is 417. The van der Waals surface area contributed by atoms with Gasteiger partial charge in [0.25, 0.3) is 0 Å². The van der Waals surface area contributed by atoms with Gasteiger partial charge in [0, 0.05) is 12.0 Å². The summed E-state index contributed by atoms with van der Waals surface area (Å²) in [6.07, 6.45) is 3.57. The Morgan fingerprint density at radius 2 is 2.00 bits per heavy atom. The van der Waals surface area contributed by atoms with E-state index in [0.717, 1.165) is 0 Å². The van der Waals surface area contributed by atoms with Gasteiger partial charge < -0.3 is 21.5 Å². The van der Waals surface area contributed by atoms with Gasteiger partial charge >= 0.3 is 12.0 Å². The van der Waals surface area contributed by atoms with E-state index < -0.39 is 29.4 Å². The van der Waals surface area contributed by atoms with Crippen LogP contribution in [0, 0.1) is 5.92 Å². The fourth-order valence-corrected chi connectivity index (χ4v) is 1.98. The molecule has 0 fully saturated rings. The quantitative estimate of drug-likeness (QED) is 0.523. The van der Waals surface area contributed by atoms with Crippen molar-refractivity contribution >= 4 is 17.9 Å². The van der Waals surface area contributed by atoms with Crippen molar-refractivity contribution in [2.24, 2.45) is 11.7 Å². The number of nitrogens with one attached hydrogen (secondary N) is 2. The smallest absolute Gasteiger partial charge is 0.315 e. The number of carboxylic acids is 1. The highest BCUT2D eigenvalue weighted by Gasteiger charge is 2.27. The van der Waals surface area contributed by atoms with E-state index in [0.29, 0.717) is 6.42 Å². The van der Waals surface area contributed by atoms with Crippen molar-refractivity contribution in [3.8, 4) is 0 Å². The van der Waals surface area contributed by atoms with Crippen LogP contribution in [0.15, 0.2) is 12.2 Å². The highest BCUT2D eigenvalue weighted by molar-refractivity contribution is 5.79. The number of rotatable bonds is 5. The Balaban J connectivity index is 2.43. The fraction of sp³-hybridized carbons (Fsp3) is 0.583. The van der Waals surface area contributed by atoms with E-state index in [-0.39, 0.29) is 12.5 Å². The van der Waals surface area contributed by atoms with E-state index in [1.807, 2.05) is 0 Å². The molecule has 0 aliphatic heterocycles. The Hall–Kier alpha value is -2.05. The molecule has 106 valence electrons. The molecule has 5 N–H and O–H groups in total. The summed E-state index contributed by atoms with van der Waals surface area (Å²) in [6, 6.07) is -0.766. The van der Waals surface area contributed by atoms with Crippen LogP contribution in [0.3, 0.4) is 0 Å². The predicted octanol–water partition coefficient (Wildman–Crippen LogP) is -0.0311. The second-order valence-electron chi connectivity index (χ2n) is 5.30. The molecule has 0 spiro atoms. The third-order valence-corrected chi connectivity index (χ3v) is 2.79. The van der Waals surface area contributed by atoms with Crippen LogP contribution in [-0.2, 0) is 9.59 Å². The number of nitrogens with two attached hydrogens (primary N) is 1. The van der Waals surface area contributed by atoms with E-state index >= 15 is 0 Å². The summed E-state index contributed by atoms with van der Waals surface area (Å²) in [5, 5.41) is 14.1. The maximum absolute atomic E-state index is 11.7. The largest absolute Gasteiger partial charge is 0.481 e. The van der Waals surface area contributed by atoms with Crippen LogP contribution in [-0.4, -0.2) is 34.6 Å². The number of primary amides is 1. The number of hydrogen-bond donors (Lipinski definition) is 4. The van der Waals surface area contributed by atoms with Crippen molar-refractivity contribution in [1.29, 1.82) is 0 Å². The average Bonchev–Trinajstić information content (AvgIpc) is 2.62. The van der Waals surface area contributed by atoms with Gasteiger partial charge in [0.2, 0.25) is 5.91 Å². The van der Waals surface area contributed by atoms with Crippen molar-refractivity contribution in [1.82, 2.24) is 10.6 Å². The van der Waals surface area contributed by atoms with Gasteiger partial charge in [-0.2, -0.15) is 0 Å². The summed E-state index contributed by atoms with van der Waals surface area (Å²) >= 11 is 0. The standard InChI is InChI=1S/C12H19N3O4/c1-12(2,6-9(13)16)15-11(19)14-8-4-3-7(5-8)10(17)18/h3-4,7-8H,5-6H2,1-2H3,(H2,13,16)(H,17,18)(H2,14,15,19). The second kappa shape index (κ2) is 5.73. The Morgan fingerprint density at radius 1 is 1.37 bits per heavy atom. The van der Waals surface area contributed by atoms with Gasteiger partial charge in [-0.25, -0.2) is 4.79 Å². The van der Waals surface area contributed by atoms with Gasteiger partial charge in [-0.3, -0.25) is 9.59 Å². The first-order valence-corrected chi connectivity index (χ1v) is 5.98. The molecule has 3 amide bonds. The first-order valence-electron chi connectivity index (χ1n) is 5.98. The molecule has 0 aromatic heterocycles. The zero-order valence-corrected chi connectivity index (χ0v) is 11.0. The lowest BCUT2D eigenvalue weighted by Crippen LogP contribution is -2.51. The lowest BCUT2D eigenvalue weighted by Gasteiger charge is -2.25. The van der Waals surface area contributed by atoms with Crippen LogP contribution in [0.1, 0.15) is 26.7 Å². The average molecular weight is 269 g/mol. The minimum Gasteiger partial charge on any atom is -0.481 e. The van der Waals surface area contributed by atoms with Gasteiger partial charge in [0.15, 0.2) is 0 Å². The molecule has 1 rings (SSSR count). The molecule has 1 aliphatic carbocycles. The molecule has 19 heavy (non-hydrogen) atoms. The predicted molar refractivity (Wildman–Crippen MR) is 68.2 cm³/mol. The van der Waals surface area contributed by atoms with E-state index in [4.69, 9.17) is 10.8 Å². The number of urea groups is 1. The maximum Gasteiger partial charge on any atom is 0.315 e. The molecule has 0 radical (unpaired) electrons. The molecule has 7 nitrogen and oxygen atoms in total. The van der Waals surface area contributed by atoms with E-state index in [1.165, 1.54) is 0 Å². The fourth-order valence-electron chi connectivity index (χ4n) is 1.98. The van der Waals surface area contributed by atoms with Crippen LogP contribution < -0.4 is 16.4 Å². The second-order valence-corrected chi connectivity index (χ2v) is 5.30. The molecular formula is C12H19N3O4. The number of amides is 3. The van der Waals surface area contributed by atoms with Gasteiger partial charge in [0.1, 0.15) is 0 Å². The van der Waals surface area contributed by atoms with Crippen LogP contribution in [0.2, 0.25) is 0 Å². The highest BCUT2D eigenvalue weighted by Crippen LogP contribution is 2.18. The highest BCUT2D eigenvalue weighted by atomic mass is 16.4. The first-order chi connectivity index (χ1) is 8.69. The number of carboxylic acid groups (broad SMARTS) is 1. The molecule has 1 aliphatic rings. The van der Waals surface area contributed by atoms with E-state index in [9.17, 15) is 14.4 Å². The van der Waals surface area contributed by atoms with Crippen molar-refractivity contribution in [3.05, 3.63) is 12.2 Å². The normalized spacial score (nSPS) is 22.0. The number of carbonyl (C=O) groups excluding carboxylic acids is 2. The number of aliphatic carboxylic acids is 1. The number of carbonyl (C=O) groups is 3. The van der Waals surface area contributed by atoms with Gasteiger partial charge in [-0.1, -0.05) is 12.2 Å². The SMILES string of the molecule is CC(C)(CC(N)=O)NC(=O)NC1C=CC(C(=O)O)C1. The van der Waals surface area contributed by atoms with Crippen LogP contribution in [0.25, 0.3) is 0 Å². The summed E-state index contributed by atoms with van der Waals surface area (Å²) < 4.78 is 0. The van der Waals surface area contributed by atoms with Crippen LogP contribution >= 0.6 is 0 Å². The summed E-state index contributed by atoms with van der Waals surface area (Å²) in [5.74, 6) is -1.98. The van der Waals surface area contributed by atoms with Crippen molar-refractivity contribution in [3.63, 3.8) is 0 Å². The molecule has 7 heteroatoms. The lowest BCUT2D eigenvalue weighted by atomic mass is 10.0. The van der Waals surface area contributed by atoms with Crippen molar-refractivity contribution in [2.45, 2.75) is 38.3 Å². The topological polar surface area (TPSA) is 122 Å². The van der Waals surface area contributed by atoms with Crippen LogP contribution in [0.4, 0.5) is 4.79 Å². The zero-order chi connectivity index (χ0) is 14.6. The molecule has 0 bridgehead atoms. The molecular weight excluding hydrogens is 250 g/mol. The monoisotopic (exact) mass is 269 g/mol. The molecule has 2 unspecified atom stereocenters. The van der Waals surface area contributed by atoms with Crippen molar-refractivity contribution < 1.29 is 19.5 Å². The summed E-state index contributed by atoms with van der Waals surface area (Å²) in [4.78, 5) is 33.3. The van der Waals surface area contributed by atoms with E-state index in [2.05, 4.69) is 10.6 Å². The van der Waals surface area contributed by atoms with Crippen LogP contribution in [0.5, 0.6) is 0 Å². The number of hydrogen-bond acceptors (Lipinski definition) is 3. The minimum atomic E-state index is -0.907. The summed E-state index contributed by atoms with van der Waals surface area (Å²) in [7, 11) is 0. The zero-order valence-electron chi connectivity index (χ0n) is 11.0. The lowest BCUT2D eigenvalue weighted by molar-refractivity contribution is -0.140. The third-order valence-electron chi connectivity index (χ3n) is 2.79. The molecule has 0 aromatic carbocycles. The van der Waals surface area contributed by atoms with Gasteiger partial charge in [-0.15, -0.1) is 0 Å². The first kappa shape index (κ1) is 15.0. The molecule has 0 saturated carbocycles. The third kappa shape index (κ3) is 4.99. The Morgan fingerprint density at radius 3 is 2.47 bits per heavy atom.